The summed E-state index contributed by atoms with van der Waals surface area (Å²) in [5.41, 5.74) is 0.445. The van der Waals surface area contributed by atoms with Gasteiger partial charge >= 0.3 is 5.97 Å². The van der Waals surface area contributed by atoms with Crippen LogP contribution in [0.5, 0.6) is 0 Å². The van der Waals surface area contributed by atoms with Crippen molar-refractivity contribution < 1.29 is 9.53 Å². The molecule has 8 nitrogen and oxygen atoms in total. The molecule has 0 spiro atoms. The predicted octanol–water partition coefficient (Wildman–Crippen LogP) is 0.00300. The van der Waals surface area contributed by atoms with E-state index in [0.29, 0.717) is 18.7 Å². The summed E-state index contributed by atoms with van der Waals surface area (Å²) in [6.45, 7) is 2.91. The van der Waals surface area contributed by atoms with Gasteiger partial charge in [-0.15, -0.1) is 0 Å². The molecule has 0 fully saturated rings. The minimum Gasteiger partial charge on any atom is -0.461 e. The topological polar surface area (TPSA) is 93.1 Å². The van der Waals surface area contributed by atoms with Gasteiger partial charge in [0.05, 0.1) is 19.1 Å². The highest BCUT2D eigenvalue weighted by Gasteiger charge is 2.12. The number of carbonyl (C=O) groups excluding carboxylic acids is 1. The maximum absolute atomic E-state index is 11.8. The van der Waals surface area contributed by atoms with Gasteiger partial charge in [0.1, 0.15) is 6.10 Å². The van der Waals surface area contributed by atoms with Crippen LogP contribution in [0.2, 0.25) is 0 Å². The van der Waals surface area contributed by atoms with Crippen LogP contribution in [0.4, 0.5) is 0 Å². The Bertz CT molecular complexity index is 676. The summed E-state index contributed by atoms with van der Waals surface area (Å²) in [4.78, 5) is 35.8. The lowest BCUT2D eigenvalue weighted by Gasteiger charge is -2.17. The van der Waals surface area contributed by atoms with Gasteiger partial charge in [-0.3, -0.25) is 9.59 Å². The van der Waals surface area contributed by atoms with E-state index in [-0.39, 0.29) is 29.6 Å². The van der Waals surface area contributed by atoms with Crippen LogP contribution in [0, 0.1) is 0 Å². The number of hydrogen-bond acceptors (Lipinski definition) is 6. The first-order chi connectivity index (χ1) is 9.97. The number of esters is 1. The highest BCUT2D eigenvalue weighted by Crippen LogP contribution is 2.06. The van der Waals surface area contributed by atoms with E-state index in [1.165, 1.54) is 12.7 Å². The molecule has 0 aromatic carbocycles. The Morgan fingerprint density at radius 2 is 2.24 bits per heavy atom. The molecule has 2 aromatic rings. The maximum atomic E-state index is 11.8. The van der Waals surface area contributed by atoms with Crippen molar-refractivity contribution in [3.8, 4) is 0 Å². The van der Waals surface area contributed by atoms with Crippen molar-refractivity contribution in [2.45, 2.75) is 26.0 Å². The number of hydrogen-bond donors (Lipinski definition) is 1. The average Bonchev–Trinajstić information content (AvgIpc) is 2.80. The molecular weight excluding hydrogens is 274 g/mol. The lowest BCUT2D eigenvalue weighted by atomic mass is 10.3. The number of H-pyrrole nitrogens is 1. The highest BCUT2D eigenvalue weighted by atomic mass is 16.5. The molecule has 0 aliphatic heterocycles. The van der Waals surface area contributed by atoms with E-state index in [9.17, 15) is 9.59 Å². The van der Waals surface area contributed by atoms with Crippen LogP contribution in [0.15, 0.2) is 17.4 Å². The minimum atomic E-state index is -0.291. The monoisotopic (exact) mass is 293 g/mol. The molecule has 8 heteroatoms. The van der Waals surface area contributed by atoms with Crippen molar-refractivity contribution in [2.75, 3.05) is 20.6 Å². The summed E-state index contributed by atoms with van der Waals surface area (Å²) in [7, 11) is 3.84. The fraction of sp³-hybridized carbons (Fsp3) is 0.538. The van der Waals surface area contributed by atoms with Crippen molar-refractivity contribution in [3.63, 3.8) is 0 Å². The molecule has 21 heavy (non-hydrogen) atoms. The van der Waals surface area contributed by atoms with Crippen LogP contribution in [-0.2, 0) is 16.1 Å². The van der Waals surface area contributed by atoms with Crippen LogP contribution in [-0.4, -0.2) is 57.1 Å². The summed E-state index contributed by atoms with van der Waals surface area (Å²) in [5.74, 6) is -0.281. The number of rotatable bonds is 6. The largest absolute Gasteiger partial charge is 0.461 e. The standard InChI is InChI=1S/C13H19N5O3/c1-9(6-17(2)3)21-10(19)4-5-18-8-16-11-12(18)14-7-15-13(11)20/h7-9H,4-6H2,1-3H3,(H,14,15,20). The predicted molar refractivity (Wildman–Crippen MR) is 76.9 cm³/mol. The number of aryl methyl sites for hydroxylation is 1. The van der Waals surface area contributed by atoms with E-state index in [2.05, 4.69) is 15.0 Å². The van der Waals surface area contributed by atoms with Crippen molar-refractivity contribution in [1.82, 2.24) is 24.4 Å². The summed E-state index contributed by atoms with van der Waals surface area (Å²) in [6.07, 6.45) is 2.87. The highest BCUT2D eigenvalue weighted by molar-refractivity contribution is 5.71. The summed E-state index contributed by atoms with van der Waals surface area (Å²) in [6, 6.07) is 0. The quantitative estimate of drug-likeness (QED) is 0.754. The van der Waals surface area contributed by atoms with Crippen molar-refractivity contribution in [3.05, 3.63) is 23.0 Å². The average molecular weight is 293 g/mol. The van der Waals surface area contributed by atoms with Crippen LogP contribution in [0.1, 0.15) is 13.3 Å². The fourth-order valence-corrected chi connectivity index (χ4v) is 2.10. The first-order valence-corrected chi connectivity index (χ1v) is 6.70. The Hall–Kier alpha value is -2.22. The third-order valence-corrected chi connectivity index (χ3v) is 2.92. The summed E-state index contributed by atoms with van der Waals surface area (Å²) < 4.78 is 6.96. The number of aromatic amines is 1. The molecule has 0 radical (unpaired) electrons. The van der Waals surface area contributed by atoms with E-state index in [0.717, 1.165) is 0 Å². The third kappa shape index (κ3) is 3.88. The molecule has 2 aromatic heterocycles. The van der Waals surface area contributed by atoms with E-state index in [1.54, 1.807) is 4.57 Å². The lowest BCUT2D eigenvalue weighted by Crippen LogP contribution is -2.28. The third-order valence-electron chi connectivity index (χ3n) is 2.92. The molecule has 2 rings (SSSR count). The zero-order valence-corrected chi connectivity index (χ0v) is 12.4. The maximum Gasteiger partial charge on any atom is 0.307 e. The molecule has 0 saturated carbocycles. The molecule has 1 atom stereocenters. The normalized spacial score (nSPS) is 12.8. The molecule has 0 aliphatic rings. The number of aromatic nitrogens is 4. The van der Waals surface area contributed by atoms with Crippen LogP contribution in [0.25, 0.3) is 11.2 Å². The van der Waals surface area contributed by atoms with Gasteiger partial charge in [-0.1, -0.05) is 0 Å². The van der Waals surface area contributed by atoms with E-state index < -0.39 is 0 Å². The Morgan fingerprint density at radius 3 is 2.95 bits per heavy atom. The molecule has 2 heterocycles. The number of fused-ring (bicyclic) bond motifs is 1. The number of imidazole rings is 1. The Balaban J connectivity index is 1.94. The van der Waals surface area contributed by atoms with Gasteiger partial charge in [-0.25, -0.2) is 9.97 Å². The van der Waals surface area contributed by atoms with E-state index >= 15 is 0 Å². The van der Waals surface area contributed by atoms with Gasteiger partial charge in [0, 0.05) is 13.1 Å². The number of nitrogens with one attached hydrogen (secondary N) is 1. The van der Waals surface area contributed by atoms with Crippen molar-refractivity contribution in [2.24, 2.45) is 0 Å². The Kier molecular flexibility index (Phi) is 4.69. The van der Waals surface area contributed by atoms with E-state index in [1.807, 2.05) is 25.9 Å². The molecule has 0 amide bonds. The Morgan fingerprint density at radius 1 is 1.48 bits per heavy atom. The fourth-order valence-electron chi connectivity index (χ4n) is 2.10. The molecule has 1 unspecified atom stereocenters. The first-order valence-electron chi connectivity index (χ1n) is 6.70. The Labute approximate surface area is 121 Å². The molecule has 0 saturated heterocycles. The van der Waals surface area contributed by atoms with Gasteiger partial charge in [0.2, 0.25) is 0 Å². The van der Waals surface area contributed by atoms with Crippen molar-refractivity contribution in [1.29, 1.82) is 0 Å². The van der Waals surface area contributed by atoms with Gasteiger partial charge in [-0.2, -0.15) is 0 Å². The van der Waals surface area contributed by atoms with Crippen LogP contribution >= 0.6 is 0 Å². The van der Waals surface area contributed by atoms with Gasteiger partial charge in [0.25, 0.3) is 5.56 Å². The van der Waals surface area contributed by atoms with Gasteiger partial charge < -0.3 is 19.2 Å². The van der Waals surface area contributed by atoms with Crippen molar-refractivity contribution >= 4 is 17.1 Å². The first kappa shape index (κ1) is 15.2. The minimum absolute atomic E-state index is 0.159. The smallest absolute Gasteiger partial charge is 0.307 e. The zero-order chi connectivity index (χ0) is 15.4. The van der Waals surface area contributed by atoms with Gasteiger partial charge in [-0.05, 0) is 21.0 Å². The molecule has 1 N–H and O–H groups in total. The second-order valence-corrected chi connectivity index (χ2v) is 5.15. The lowest BCUT2D eigenvalue weighted by molar-refractivity contribution is -0.149. The van der Waals surface area contributed by atoms with Crippen LogP contribution in [0.3, 0.4) is 0 Å². The number of carbonyl (C=O) groups is 1. The summed E-state index contributed by atoms with van der Waals surface area (Å²) in [5, 5.41) is 0. The SMILES string of the molecule is CC(CN(C)C)OC(=O)CCn1cnc2c(=O)[nH]cnc21. The molecular formula is C13H19N5O3. The number of nitrogens with zero attached hydrogens (tertiary/aromatic N) is 4. The van der Waals surface area contributed by atoms with E-state index in [4.69, 9.17) is 4.74 Å². The van der Waals surface area contributed by atoms with Gasteiger partial charge in [0.15, 0.2) is 11.2 Å². The molecule has 114 valence electrons. The molecule has 0 aliphatic carbocycles. The second-order valence-electron chi connectivity index (χ2n) is 5.15. The number of likely N-dealkylation sites (N-methyl/N-ethyl adjacent to an activating group) is 1. The summed E-state index contributed by atoms with van der Waals surface area (Å²) >= 11 is 0. The zero-order valence-electron chi connectivity index (χ0n) is 12.4. The number of ether oxygens (including phenoxy) is 1. The second kappa shape index (κ2) is 6.49. The van der Waals surface area contributed by atoms with Crippen LogP contribution < -0.4 is 5.56 Å². The molecule has 0 bridgehead atoms.